The van der Waals surface area contributed by atoms with E-state index in [0.717, 1.165) is 0 Å². The molecule has 92 valence electrons. The van der Waals surface area contributed by atoms with Gasteiger partial charge in [0.05, 0.1) is 20.5 Å². The summed E-state index contributed by atoms with van der Waals surface area (Å²) in [5, 5.41) is 0.116. The van der Waals surface area contributed by atoms with E-state index in [0.29, 0.717) is 5.69 Å². The quantitative estimate of drug-likeness (QED) is 0.870. The lowest BCUT2D eigenvalue weighted by molar-refractivity contribution is 0.596. The van der Waals surface area contributed by atoms with Crippen LogP contribution in [0.15, 0.2) is 62.7 Å². The van der Waals surface area contributed by atoms with Gasteiger partial charge in [-0.15, -0.1) is 0 Å². The maximum atomic E-state index is 12.3. The van der Waals surface area contributed by atoms with Crippen LogP contribution < -0.4 is 0 Å². The Bertz CT molecular complexity index is 684. The van der Waals surface area contributed by atoms with Crippen LogP contribution in [0, 0.1) is 0 Å². The van der Waals surface area contributed by atoms with Gasteiger partial charge in [0.2, 0.25) is 9.84 Å². The summed E-state index contributed by atoms with van der Waals surface area (Å²) < 4.78 is 28.2. The Kier molecular flexibility index (Phi) is 3.75. The lowest BCUT2D eigenvalue weighted by Gasteiger charge is -2.06. The van der Waals surface area contributed by atoms with Gasteiger partial charge in [-0.2, -0.15) is 4.36 Å². The van der Waals surface area contributed by atoms with Crippen molar-refractivity contribution in [2.75, 3.05) is 0 Å². The molecule has 0 aliphatic heterocycles. The molecule has 0 heterocycles. The predicted octanol–water partition coefficient (Wildman–Crippen LogP) is 3.53. The molecule has 0 amide bonds. The first-order chi connectivity index (χ1) is 8.55. The third-order valence-corrected chi connectivity index (χ3v) is 4.83. The SMILES string of the molecule is O=S(=O)(c1ccccc1)c1ccc(N=S)cc1Cl. The molecule has 3 nitrogen and oxygen atoms in total. The van der Waals surface area contributed by atoms with Crippen molar-refractivity contribution in [3.63, 3.8) is 0 Å². The van der Waals surface area contributed by atoms with Gasteiger partial charge in [-0.05, 0) is 30.3 Å². The zero-order chi connectivity index (χ0) is 13.2. The molecule has 6 heteroatoms. The molecule has 0 saturated carbocycles. The van der Waals surface area contributed by atoms with Crippen LogP contribution in [0.25, 0.3) is 0 Å². The number of rotatable bonds is 3. The van der Waals surface area contributed by atoms with Crippen LogP contribution in [0.1, 0.15) is 0 Å². The molecule has 0 aliphatic carbocycles. The number of benzene rings is 2. The molecule has 0 aromatic heterocycles. The van der Waals surface area contributed by atoms with Gasteiger partial charge in [0.25, 0.3) is 0 Å². The molecule has 0 bridgehead atoms. The van der Waals surface area contributed by atoms with E-state index < -0.39 is 9.84 Å². The molecule has 0 unspecified atom stereocenters. The first kappa shape index (κ1) is 13.1. The molecule has 0 atom stereocenters. The molecule has 2 rings (SSSR count). The molecular formula is C12H8ClNO2S2. The number of hydrogen-bond acceptors (Lipinski definition) is 4. The zero-order valence-corrected chi connectivity index (χ0v) is 11.5. The number of halogens is 1. The van der Waals surface area contributed by atoms with Crippen molar-refractivity contribution in [3.05, 3.63) is 53.6 Å². The summed E-state index contributed by atoms with van der Waals surface area (Å²) in [7, 11) is -3.60. The second-order valence-electron chi connectivity index (χ2n) is 3.52. The van der Waals surface area contributed by atoms with Crippen LogP contribution in [0.2, 0.25) is 5.02 Å². The van der Waals surface area contributed by atoms with E-state index in [1.54, 1.807) is 18.2 Å². The summed E-state index contributed by atoms with van der Waals surface area (Å²) in [6.07, 6.45) is 0. The standard InChI is InChI=1S/C12H8ClNO2S2/c13-11-8-9(14-17)6-7-12(11)18(15,16)10-4-2-1-3-5-10/h1-8H. The summed E-state index contributed by atoms with van der Waals surface area (Å²) in [5.41, 5.74) is 0.460. The van der Waals surface area contributed by atoms with Crippen LogP contribution in [0.5, 0.6) is 0 Å². The monoisotopic (exact) mass is 297 g/mol. The minimum atomic E-state index is -3.60. The van der Waals surface area contributed by atoms with E-state index in [2.05, 4.69) is 16.8 Å². The minimum absolute atomic E-state index is 0.0535. The van der Waals surface area contributed by atoms with Gasteiger partial charge in [-0.3, -0.25) is 0 Å². The van der Waals surface area contributed by atoms with Gasteiger partial charge in [0.15, 0.2) is 0 Å². The van der Waals surface area contributed by atoms with Crippen LogP contribution in [-0.2, 0) is 22.3 Å². The largest absolute Gasteiger partial charge is 0.218 e. The first-order valence-corrected chi connectivity index (χ1v) is 7.21. The van der Waals surface area contributed by atoms with E-state index in [-0.39, 0.29) is 14.8 Å². The summed E-state index contributed by atoms with van der Waals surface area (Å²) in [6.45, 7) is 0. The fourth-order valence-corrected chi connectivity index (χ4v) is 3.42. The highest BCUT2D eigenvalue weighted by Gasteiger charge is 2.20. The Morgan fingerprint density at radius 3 is 2.28 bits per heavy atom. The summed E-state index contributed by atoms with van der Waals surface area (Å²) >= 11 is 10.5. The molecule has 0 spiro atoms. The fourth-order valence-electron chi connectivity index (χ4n) is 1.49. The van der Waals surface area contributed by atoms with E-state index >= 15 is 0 Å². The molecule has 0 N–H and O–H groups in total. The van der Waals surface area contributed by atoms with Crippen molar-refractivity contribution in [1.82, 2.24) is 0 Å². The van der Waals surface area contributed by atoms with E-state index in [1.165, 1.54) is 30.3 Å². The first-order valence-electron chi connectivity index (χ1n) is 4.99. The summed E-state index contributed by atoms with van der Waals surface area (Å²) in [6, 6.07) is 12.5. The van der Waals surface area contributed by atoms with E-state index in [1.807, 2.05) is 0 Å². The number of sulfone groups is 1. The molecular weight excluding hydrogens is 290 g/mol. The highest BCUT2D eigenvalue weighted by molar-refractivity contribution is 7.91. The molecule has 2 aromatic rings. The Morgan fingerprint density at radius 2 is 1.72 bits per heavy atom. The van der Waals surface area contributed by atoms with Crippen molar-refractivity contribution < 1.29 is 8.42 Å². The maximum absolute atomic E-state index is 12.3. The van der Waals surface area contributed by atoms with Crippen molar-refractivity contribution in [2.45, 2.75) is 9.79 Å². The summed E-state index contributed by atoms with van der Waals surface area (Å²) in [5.74, 6) is 0. The molecule has 0 fully saturated rings. The molecule has 0 saturated heterocycles. The fraction of sp³-hybridized carbons (Fsp3) is 0. The highest BCUT2D eigenvalue weighted by atomic mass is 35.5. The van der Waals surface area contributed by atoms with Gasteiger partial charge >= 0.3 is 0 Å². The second-order valence-corrected chi connectivity index (χ2v) is 6.03. The Labute approximate surface area is 116 Å². The predicted molar refractivity (Wildman–Crippen MR) is 72.8 cm³/mol. The topological polar surface area (TPSA) is 46.5 Å². The van der Waals surface area contributed by atoms with Gasteiger partial charge < -0.3 is 0 Å². The molecule has 18 heavy (non-hydrogen) atoms. The lowest BCUT2D eigenvalue weighted by atomic mass is 10.3. The smallest absolute Gasteiger partial charge is 0.208 e. The highest BCUT2D eigenvalue weighted by Crippen LogP contribution is 2.30. The maximum Gasteiger partial charge on any atom is 0.208 e. The minimum Gasteiger partial charge on any atom is -0.218 e. The normalized spacial score (nSPS) is 11.2. The lowest BCUT2D eigenvalue weighted by Crippen LogP contribution is -2.02. The van der Waals surface area contributed by atoms with Gasteiger partial charge in [-0.1, -0.05) is 29.8 Å². The van der Waals surface area contributed by atoms with Crippen molar-refractivity contribution in [2.24, 2.45) is 4.36 Å². The average molecular weight is 298 g/mol. The average Bonchev–Trinajstić information content (AvgIpc) is 2.39. The van der Waals surface area contributed by atoms with Gasteiger partial charge in [-0.25, -0.2) is 8.42 Å². The van der Waals surface area contributed by atoms with E-state index in [9.17, 15) is 8.42 Å². The second kappa shape index (κ2) is 5.14. The Morgan fingerprint density at radius 1 is 1.06 bits per heavy atom. The van der Waals surface area contributed by atoms with Crippen molar-refractivity contribution >= 4 is 39.6 Å². The van der Waals surface area contributed by atoms with Crippen molar-refractivity contribution in [3.8, 4) is 0 Å². The number of nitrogens with zero attached hydrogens (tertiary/aromatic N) is 1. The zero-order valence-electron chi connectivity index (χ0n) is 9.08. The van der Waals surface area contributed by atoms with Gasteiger partial charge in [0, 0.05) is 12.4 Å². The third-order valence-electron chi connectivity index (χ3n) is 2.36. The molecule has 0 radical (unpaired) electrons. The van der Waals surface area contributed by atoms with Gasteiger partial charge in [0.1, 0.15) is 0 Å². The summed E-state index contributed by atoms with van der Waals surface area (Å²) in [4.78, 5) is 0.257. The third kappa shape index (κ3) is 2.43. The van der Waals surface area contributed by atoms with Crippen LogP contribution in [0.3, 0.4) is 0 Å². The van der Waals surface area contributed by atoms with E-state index in [4.69, 9.17) is 11.6 Å². The van der Waals surface area contributed by atoms with Crippen LogP contribution >= 0.6 is 11.6 Å². The Balaban J connectivity index is 2.59. The molecule has 0 aliphatic rings. The number of hydrogen-bond donors (Lipinski definition) is 0. The van der Waals surface area contributed by atoms with Crippen LogP contribution in [0.4, 0.5) is 5.69 Å². The molecule has 2 aromatic carbocycles. The van der Waals surface area contributed by atoms with Crippen molar-refractivity contribution in [1.29, 1.82) is 0 Å². The Hall–Kier alpha value is -1.30. The van der Waals surface area contributed by atoms with Crippen LogP contribution in [-0.4, -0.2) is 8.42 Å².